The smallest absolute Gasteiger partial charge is 0.121 e. The first kappa shape index (κ1) is 21.8. The van der Waals surface area contributed by atoms with Crippen molar-refractivity contribution in [3.63, 3.8) is 0 Å². The van der Waals surface area contributed by atoms with E-state index in [9.17, 15) is 0 Å². The molecule has 0 aliphatic heterocycles. The Labute approximate surface area is 185 Å². The molecule has 0 aliphatic carbocycles. The van der Waals surface area contributed by atoms with Crippen LogP contribution < -0.4 is 5.73 Å². The number of aryl methyl sites for hydroxylation is 1. The maximum Gasteiger partial charge on any atom is 0.121 e. The van der Waals surface area contributed by atoms with Crippen LogP contribution in [0.3, 0.4) is 0 Å². The van der Waals surface area contributed by atoms with E-state index < -0.39 is 5.54 Å². The highest BCUT2D eigenvalue weighted by Gasteiger charge is 2.38. The summed E-state index contributed by atoms with van der Waals surface area (Å²) in [4.78, 5) is 4.75. The van der Waals surface area contributed by atoms with Crippen LogP contribution in [-0.4, -0.2) is 16.1 Å². The Kier molecular flexibility index (Phi) is 7.45. The molecule has 1 aromatic heterocycles. The molecular formula is C26H28ClN3. The van der Waals surface area contributed by atoms with E-state index in [4.69, 9.17) is 10.7 Å². The van der Waals surface area contributed by atoms with Crippen molar-refractivity contribution < 1.29 is 0 Å². The van der Waals surface area contributed by atoms with E-state index in [1.54, 1.807) is 0 Å². The Morgan fingerprint density at radius 2 is 1.17 bits per heavy atom. The van der Waals surface area contributed by atoms with Gasteiger partial charge < -0.3 is 10.3 Å². The van der Waals surface area contributed by atoms with Gasteiger partial charge in [-0.25, -0.2) is 4.98 Å². The van der Waals surface area contributed by atoms with Crippen molar-refractivity contribution in [3.05, 3.63) is 126 Å². The molecule has 4 aromatic rings. The number of rotatable bonds is 8. The third-order valence-electron chi connectivity index (χ3n) is 5.49. The number of hydrogen-bond acceptors (Lipinski definition) is 2. The fourth-order valence-corrected chi connectivity index (χ4v) is 4.11. The molecule has 154 valence electrons. The lowest BCUT2D eigenvalue weighted by molar-refractivity contribution is 0.514. The van der Waals surface area contributed by atoms with E-state index >= 15 is 0 Å². The van der Waals surface area contributed by atoms with Crippen molar-refractivity contribution in [2.45, 2.75) is 24.8 Å². The molecular weight excluding hydrogens is 390 g/mol. The number of benzene rings is 3. The molecule has 0 atom stereocenters. The highest BCUT2D eigenvalue weighted by atomic mass is 35.5. The van der Waals surface area contributed by atoms with Gasteiger partial charge in [-0.3, -0.25) is 0 Å². The summed E-state index contributed by atoms with van der Waals surface area (Å²) in [5, 5.41) is 0. The van der Waals surface area contributed by atoms with Crippen molar-refractivity contribution in [2.75, 3.05) is 6.54 Å². The molecule has 30 heavy (non-hydrogen) atoms. The monoisotopic (exact) mass is 417 g/mol. The third kappa shape index (κ3) is 4.18. The van der Waals surface area contributed by atoms with Gasteiger partial charge in [-0.05, 0) is 42.5 Å². The van der Waals surface area contributed by atoms with Crippen LogP contribution in [0.15, 0.2) is 104 Å². The van der Waals surface area contributed by atoms with Crippen LogP contribution in [-0.2, 0) is 12.0 Å². The average Bonchev–Trinajstić information content (AvgIpc) is 3.26. The average molecular weight is 418 g/mol. The number of unbranched alkanes of at least 4 members (excludes halogenated alkanes) is 1. The summed E-state index contributed by atoms with van der Waals surface area (Å²) in [5.74, 6) is 0. The minimum absolute atomic E-state index is 0. The Bertz CT molecular complexity index is 917. The van der Waals surface area contributed by atoms with Gasteiger partial charge in [0.1, 0.15) is 5.54 Å². The maximum absolute atomic E-state index is 5.67. The van der Waals surface area contributed by atoms with Crippen LogP contribution in [0.2, 0.25) is 0 Å². The fraction of sp³-hybridized carbons (Fsp3) is 0.192. The summed E-state index contributed by atoms with van der Waals surface area (Å²) in [5.41, 5.74) is 9.92. The van der Waals surface area contributed by atoms with Crippen molar-refractivity contribution in [2.24, 2.45) is 5.73 Å². The molecule has 2 N–H and O–H groups in total. The first-order valence-electron chi connectivity index (χ1n) is 10.3. The van der Waals surface area contributed by atoms with E-state index in [1.165, 1.54) is 16.7 Å². The van der Waals surface area contributed by atoms with Gasteiger partial charge in [-0.2, -0.15) is 0 Å². The number of aromatic nitrogens is 2. The molecule has 0 amide bonds. The topological polar surface area (TPSA) is 43.8 Å². The Balaban J connectivity index is 0.00000256. The van der Waals surface area contributed by atoms with Crippen molar-refractivity contribution in [1.82, 2.24) is 9.55 Å². The number of imidazole rings is 1. The van der Waals surface area contributed by atoms with Crippen molar-refractivity contribution in [1.29, 1.82) is 0 Å². The largest absolute Gasteiger partial charge is 0.330 e. The second-order valence-electron chi connectivity index (χ2n) is 7.33. The Hall–Kier alpha value is -2.88. The lowest BCUT2D eigenvalue weighted by Gasteiger charge is -2.37. The number of nitrogens with zero attached hydrogens (tertiary/aromatic N) is 2. The first-order valence-corrected chi connectivity index (χ1v) is 10.3. The highest BCUT2D eigenvalue weighted by molar-refractivity contribution is 5.85. The van der Waals surface area contributed by atoms with Gasteiger partial charge in [-0.15, -0.1) is 12.4 Å². The van der Waals surface area contributed by atoms with Crippen LogP contribution in [0.4, 0.5) is 0 Å². The summed E-state index contributed by atoms with van der Waals surface area (Å²) < 4.78 is 2.27. The second kappa shape index (κ2) is 10.2. The highest BCUT2D eigenvalue weighted by Crippen LogP contribution is 2.40. The zero-order valence-corrected chi connectivity index (χ0v) is 17.8. The predicted octanol–water partition coefficient (Wildman–Crippen LogP) is 5.43. The number of nitrogens with two attached hydrogens (primary N) is 1. The van der Waals surface area contributed by atoms with Gasteiger partial charge in [0.15, 0.2) is 0 Å². The van der Waals surface area contributed by atoms with Crippen LogP contribution in [0.5, 0.6) is 0 Å². The van der Waals surface area contributed by atoms with Crippen molar-refractivity contribution >= 4 is 12.4 Å². The van der Waals surface area contributed by atoms with E-state index in [1.807, 2.05) is 6.33 Å². The summed E-state index contributed by atoms with van der Waals surface area (Å²) in [6.45, 7) is 0.725. The maximum atomic E-state index is 5.67. The van der Waals surface area contributed by atoms with Gasteiger partial charge in [0.25, 0.3) is 0 Å². The standard InChI is InChI=1S/C26H27N3.ClH/c27-19-11-10-18-25-20-29(21-28-25)26(22-12-4-1-5-13-22,23-14-6-2-7-15-23)24-16-8-3-9-17-24;/h1-9,12-17,20-21H,10-11,18-19,27H2;1H. The minimum atomic E-state index is -0.483. The molecule has 3 nitrogen and oxygen atoms in total. The molecule has 1 heterocycles. The normalized spacial score (nSPS) is 11.1. The van der Waals surface area contributed by atoms with Crippen LogP contribution in [0.25, 0.3) is 0 Å². The zero-order chi connectivity index (χ0) is 19.9. The van der Waals surface area contributed by atoms with E-state index in [0.717, 1.165) is 31.5 Å². The SMILES string of the molecule is Cl.NCCCCc1cn(C(c2ccccc2)(c2ccccc2)c2ccccc2)cn1. The predicted molar refractivity (Wildman–Crippen MR) is 126 cm³/mol. The third-order valence-corrected chi connectivity index (χ3v) is 5.49. The van der Waals surface area contributed by atoms with Crippen LogP contribution in [0.1, 0.15) is 35.2 Å². The molecule has 0 spiro atoms. The van der Waals surface area contributed by atoms with E-state index in [0.29, 0.717) is 0 Å². The molecule has 3 aromatic carbocycles. The van der Waals surface area contributed by atoms with Gasteiger partial charge >= 0.3 is 0 Å². The summed E-state index contributed by atoms with van der Waals surface area (Å²) in [7, 11) is 0. The van der Waals surface area contributed by atoms with E-state index in [-0.39, 0.29) is 12.4 Å². The van der Waals surface area contributed by atoms with Crippen LogP contribution in [0, 0.1) is 0 Å². The minimum Gasteiger partial charge on any atom is -0.330 e. The number of hydrogen-bond donors (Lipinski definition) is 1. The fourth-order valence-electron chi connectivity index (χ4n) is 4.11. The summed E-state index contributed by atoms with van der Waals surface area (Å²) >= 11 is 0. The number of halogens is 1. The van der Waals surface area contributed by atoms with E-state index in [2.05, 4.69) is 102 Å². The molecule has 4 rings (SSSR count). The molecule has 0 fully saturated rings. The molecule has 0 saturated carbocycles. The zero-order valence-electron chi connectivity index (χ0n) is 17.0. The molecule has 0 bridgehead atoms. The van der Waals surface area contributed by atoms with Gasteiger partial charge in [0, 0.05) is 6.20 Å². The Morgan fingerprint density at radius 1 is 0.700 bits per heavy atom. The van der Waals surface area contributed by atoms with Gasteiger partial charge in [0.05, 0.1) is 12.0 Å². The Morgan fingerprint density at radius 3 is 1.60 bits per heavy atom. The quantitative estimate of drug-likeness (QED) is 0.307. The molecule has 0 radical (unpaired) electrons. The lowest BCUT2D eigenvalue weighted by Crippen LogP contribution is -2.36. The van der Waals surface area contributed by atoms with Crippen LogP contribution >= 0.6 is 12.4 Å². The molecule has 0 saturated heterocycles. The first-order chi connectivity index (χ1) is 14.4. The molecule has 4 heteroatoms. The second-order valence-corrected chi connectivity index (χ2v) is 7.33. The lowest BCUT2D eigenvalue weighted by atomic mass is 9.77. The van der Waals surface area contributed by atoms with Gasteiger partial charge in [0.2, 0.25) is 0 Å². The summed E-state index contributed by atoms with van der Waals surface area (Å²) in [6.07, 6.45) is 7.20. The van der Waals surface area contributed by atoms with Gasteiger partial charge in [-0.1, -0.05) is 91.0 Å². The summed E-state index contributed by atoms with van der Waals surface area (Å²) in [6, 6.07) is 32.0. The molecule has 0 unspecified atom stereocenters. The van der Waals surface area contributed by atoms with Crippen molar-refractivity contribution in [3.8, 4) is 0 Å². The molecule has 0 aliphatic rings.